The summed E-state index contributed by atoms with van der Waals surface area (Å²) in [4.78, 5) is 16.8. The average Bonchev–Trinajstić information content (AvgIpc) is 3.17. The van der Waals surface area contributed by atoms with Gasteiger partial charge in [-0.2, -0.15) is 11.8 Å². The minimum Gasteiger partial charge on any atom is -0.357 e. The van der Waals surface area contributed by atoms with Crippen LogP contribution in [0, 0.1) is 0 Å². The first-order valence-corrected chi connectivity index (χ1v) is 10.7. The highest BCUT2D eigenvalue weighted by atomic mass is 127. The Morgan fingerprint density at radius 3 is 2.59 bits per heavy atom. The zero-order valence-corrected chi connectivity index (χ0v) is 19.7. The van der Waals surface area contributed by atoms with Crippen molar-refractivity contribution in [1.29, 1.82) is 0 Å². The Labute approximate surface area is 185 Å². The summed E-state index contributed by atoms with van der Waals surface area (Å²) in [6.07, 6.45) is 3.54. The van der Waals surface area contributed by atoms with Crippen LogP contribution in [0.1, 0.15) is 56.0 Å². The molecule has 0 saturated carbocycles. The molecule has 1 aliphatic heterocycles. The Hall–Kier alpha value is -0.960. The maximum Gasteiger partial charge on any atom is 0.251 e. The molecule has 5 nitrogen and oxygen atoms in total. The van der Waals surface area contributed by atoms with Crippen molar-refractivity contribution >= 4 is 47.6 Å². The first kappa shape index (κ1) is 24.1. The van der Waals surface area contributed by atoms with E-state index in [0.717, 1.165) is 31.0 Å². The summed E-state index contributed by atoms with van der Waals surface area (Å²) in [5.41, 5.74) is 1.79. The van der Waals surface area contributed by atoms with E-state index in [-0.39, 0.29) is 35.9 Å². The van der Waals surface area contributed by atoms with E-state index in [9.17, 15) is 4.79 Å². The molecule has 2 rings (SSSR count). The van der Waals surface area contributed by atoms with E-state index in [1.807, 2.05) is 43.0 Å². The van der Waals surface area contributed by atoms with Crippen LogP contribution in [0.25, 0.3) is 0 Å². The van der Waals surface area contributed by atoms with Crippen LogP contribution in [-0.2, 0) is 6.54 Å². The van der Waals surface area contributed by atoms with Gasteiger partial charge in [-0.05, 0) is 56.6 Å². The van der Waals surface area contributed by atoms with Crippen molar-refractivity contribution in [3.05, 3.63) is 35.4 Å². The second kappa shape index (κ2) is 13.3. The molecular formula is C20H33IN4OS. The van der Waals surface area contributed by atoms with Gasteiger partial charge in [0.05, 0.1) is 6.54 Å². The van der Waals surface area contributed by atoms with Gasteiger partial charge >= 0.3 is 0 Å². The second-order valence-corrected chi connectivity index (χ2v) is 8.10. The third-order valence-electron chi connectivity index (χ3n) is 4.49. The van der Waals surface area contributed by atoms with E-state index in [4.69, 9.17) is 0 Å². The zero-order chi connectivity index (χ0) is 18.8. The number of carbonyl (C=O) groups excluding carboxylic acids is 1. The Kier molecular flexibility index (Phi) is 11.8. The molecule has 7 heteroatoms. The predicted molar refractivity (Wildman–Crippen MR) is 127 cm³/mol. The van der Waals surface area contributed by atoms with Crippen molar-refractivity contribution in [3.63, 3.8) is 0 Å². The molecule has 0 spiro atoms. The summed E-state index contributed by atoms with van der Waals surface area (Å²) in [7, 11) is 0. The van der Waals surface area contributed by atoms with Crippen LogP contribution < -0.4 is 16.0 Å². The monoisotopic (exact) mass is 504 g/mol. The molecule has 1 saturated heterocycles. The van der Waals surface area contributed by atoms with Crippen LogP contribution in [0.5, 0.6) is 0 Å². The Morgan fingerprint density at radius 1 is 1.26 bits per heavy atom. The predicted octanol–water partition coefficient (Wildman–Crippen LogP) is 3.78. The summed E-state index contributed by atoms with van der Waals surface area (Å²) in [6, 6.07) is 7.89. The number of thioether (sulfide) groups is 1. The highest BCUT2D eigenvalue weighted by molar-refractivity contribution is 14.0. The van der Waals surface area contributed by atoms with Crippen molar-refractivity contribution in [1.82, 2.24) is 16.0 Å². The average molecular weight is 504 g/mol. The summed E-state index contributed by atoms with van der Waals surface area (Å²) < 4.78 is 0. The SMILES string of the molecule is CCNC(=NCc1ccc(C(=O)NC(C)CC)cc1)NCC1CCCS1.I. The fraction of sp³-hybridized carbons (Fsp3) is 0.600. The van der Waals surface area contributed by atoms with Gasteiger partial charge in [-0.25, -0.2) is 4.99 Å². The summed E-state index contributed by atoms with van der Waals surface area (Å²) in [6.45, 7) is 8.56. The number of halogens is 1. The topological polar surface area (TPSA) is 65.5 Å². The number of hydrogen-bond acceptors (Lipinski definition) is 3. The molecule has 1 heterocycles. The van der Waals surface area contributed by atoms with Gasteiger partial charge in [0, 0.05) is 29.9 Å². The largest absolute Gasteiger partial charge is 0.357 e. The standard InChI is InChI=1S/C20H32N4OS.HI/c1-4-15(3)24-19(25)17-10-8-16(9-11-17)13-22-20(21-5-2)23-14-18-7-6-12-26-18;/h8-11,15,18H,4-7,12-14H2,1-3H3,(H,24,25)(H2,21,22,23);1H. The van der Waals surface area contributed by atoms with Gasteiger partial charge < -0.3 is 16.0 Å². The summed E-state index contributed by atoms with van der Waals surface area (Å²) in [5, 5.41) is 10.4. The molecule has 1 fully saturated rings. The lowest BCUT2D eigenvalue weighted by atomic mass is 10.1. The molecule has 1 amide bonds. The normalized spacial score (nSPS) is 17.7. The third-order valence-corrected chi connectivity index (χ3v) is 5.89. The molecule has 0 radical (unpaired) electrons. The fourth-order valence-corrected chi connectivity index (χ4v) is 3.90. The van der Waals surface area contributed by atoms with E-state index in [0.29, 0.717) is 17.4 Å². The van der Waals surface area contributed by atoms with Gasteiger partial charge in [-0.3, -0.25) is 4.79 Å². The first-order valence-electron chi connectivity index (χ1n) is 9.66. The van der Waals surface area contributed by atoms with Crippen molar-refractivity contribution in [3.8, 4) is 0 Å². The van der Waals surface area contributed by atoms with E-state index >= 15 is 0 Å². The molecule has 27 heavy (non-hydrogen) atoms. The van der Waals surface area contributed by atoms with Crippen molar-refractivity contribution in [2.24, 2.45) is 4.99 Å². The number of nitrogens with zero attached hydrogens (tertiary/aromatic N) is 1. The van der Waals surface area contributed by atoms with Gasteiger partial charge in [0.2, 0.25) is 0 Å². The van der Waals surface area contributed by atoms with Gasteiger partial charge in [-0.1, -0.05) is 19.1 Å². The highest BCUT2D eigenvalue weighted by Gasteiger charge is 2.15. The van der Waals surface area contributed by atoms with Crippen LogP contribution in [0.3, 0.4) is 0 Å². The Balaban J connectivity index is 0.00000364. The molecular weight excluding hydrogens is 471 g/mol. The van der Waals surface area contributed by atoms with Gasteiger partial charge in [0.1, 0.15) is 0 Å². The lowest BCUT2D eigenvalue weighted by Gasteiger charge is -2.14. The summed E-state index contributed by atoms with van der Waals surface area (Å²) >= 11 is 2.04. The lowest BCUT2D eigenvalue weighted by Crippen LogP contribution is -2.40. The molecule has 152 valence electrons. The van der Waals surface area contributed by atoms with E-state index in [1.54, 1.807) is 0 Å². The van der Waals surface area contributed by atoms with Crippen LogP contribution >= 0.6 is 35.7 Å². The van der Waals surface area contributed by atoms with Crippen LogP contribution in [-0.4, -0.2) is 42.0 Å². The number of aliphatic imine (C=N–C) groups is 1. The molecule has 1 aromatic rings. The van der Waals surface area contributed by atoms with E-state index in [2.05, 4.69) is 34.8 Å². The molecule has 0 bridgehead atoms. The molecule has 2 atom stereocenters. The highest BCUT2D eigenvalue weighted by Crippen LogP contribution is 2.25. The molecule has 0 aromatic heterocycles. The number of hydrogen-bond donors (Lipinski definition) is 3. The fourth-order valence-electron chi connectivity index (χ4n) is 2.70. The van der Waals surface area contributed by atoms with E-state index in [1.165, 1.54) is 18.6 Å². The molecule has 1 aliphatic rings. The number of benzene rings is 1. The summed E-state index contributed by atoms with van der Waals surface area (Å²) in [5.74, 6) is 2.12. The minimum atomic E-state index is -0.0153. The maximum absolute atomic E-state index is 12.1. The van der Waals surface area contributed by atoms with Crippen molar-refractivity contribution in [2.45, 2.75) is 57.9 Å². The molecule has 3 N–H and O–H groups in total. The molecule has 0 aliphatic carbocycles. The minimum absolute atomic E-state index is 0. The van der Waals surface area contributed by atoms with Crippen LogP contribution in [0.4, 0.5) is 0 Å². The first-order chi connectivity index (χ1) is 12.6. The Bertz CT molecular complexity index is 588. The van der Waals surface area contributed by atoms with Gasteiger partial charge in [0.25, 0.3) is 5.91 Å². The number of guanidine groups is 1. The lowest BCUT2D eigenvalue weighted by molar-refractivity contribution is 0.0939. The van der Waals surface area contributed by atoms with Crippen molar-refractivity contribution < 1.29 is 4.79 Å². The molecule has 2 unspecified atom stereocenters. The number of rotatable bonds is 8. The second-order valence-electron chi connectivity index (χ2n) is 6.69. The maximum atomic E-state index is 12.1. The molecule has 1 aromatic carbocycles. The smallest absolute Gasteiger partial charge is 0.251 e. The Morgan fingerprint density at radius 2 is 2.00 bits per heavy atom. The van der Waals surface area contributed by atoms with E-state index < -0.39 is 0 Å². The number of carbonyl (C=O) groups is 1. The number of amides is 1. The van der Waals surface area contributed by atoms with Gasteiger partial charge in [-0.15, -0.1) is 24.0 Å². The zero-order valence-electron chi connectivity index (χ0n) is 16.6. The van der Waals surface area contributed by atoms with Crippen molar-refractivity contribution in [2.75, 3.05) is 18.8 Å². The quantitative estimate of drug-likeness (QED) is 0.287. The third kappa shape index (κ3) is 8.72. The number of nitrogens with one attached hydrogen (secondary N) is 3. The van der Waals surface area contributed by atoms with Crippen LogP contribution in [0.15, 0.2) is 29.3 Å². The van der Waals surface area contributed by atoms with Crippen LogP contribution in [0.2, 0.25) is 0 Å². The van der Waals surface area contributed by atoms with Gasteiger partial charge in [0.15, 0.2) is 5.96 Å².